The summed E-state index contributed by atoms with van der Waals surface area (Å²) in [4.78, 5) is 10.7. The first-order valence-electron chi connectivity index (χ1n) is 9.76. The summed E-state index contributed by atoms with van der Waals surface area (Å²) in [5, 5.41) is 1.28. The van der Waals surface area contributed by atoms with Crippen LogP contribution in [-0.4, -0.2) is 64.8 Å². The lowest BCUT2D eigenvalue weighted by Gasteiger charge is -2.30. The Balaban J connectivity index is 1.88. The van der Waals surface area contributed by atoms with Crippen LogP contribution < -0.4 is 24.9 Å². The molecule has 3 rings (SSSR count). The maximum atomic E-state index is 12.4. The molecule has 0 spiro atoms. The Hall–Kier alpha value is -2.89. The molecule has 1 aromatic heterocycles. The number of hydrogen-bond acceptors (Lipinski definition) is 8. The quantitative estimate of drug-likeness (QED) is 0.479. The van der Waals surface area contributed by atoms with Crippen molar-refractivity contribution in [2.75, 3.05) is 52.2 Å². The zero-order chi connectivity index (χ0) is 23.0. The summed E-state index contributed by atoms with van der Waals surface area (Å²) in [5.74, 6) is 0.460. The van der Waals surface area contributed by atoms with Gasteiger partial charge in [0, 0.05) is 37.5 Å². The number of fused-ring (bicyclic) bond motifs is 1. The number of benzene rings is 1. The average Bonchev–Trinajstić information content (AvgIpc) is 2.78. The molecule has 0 N–H and O–H groups in total. The standard InChI is InChI=1S/C21H24F3N3O5/c1-28-9-11-30-19-18-15(7-8-25-19)13-27(20(26-18)31-12-10-29-2)16-3-5-17(6-4-16)32-14-21(22,23)24/h3-8,13,20H,9-12,14H2,1-2H3. The molecular weight excluding hydrogens is 431 g/mol. The lowest BCUT2D eigenvalue weighted by molar-refractivity contribution is -0.153. The fraction of sp³-hybridized carbons (Fsp3) is 0.429. The van der Waals surface area contributed by atoms with Crippen LogP contribution in [-0.2, 0) is 14.2 Å². The van der Waals surface area contributed by atoms with Gasteiger partial charge in [-0.1, -0.05) is 0 Å². The number of halogens is 3. The SMILES string of the molecule is COCCOc1nccc2c1=NC(OCCOC)N(c1ccc(OCC(F)(F)F)cc1)C=2. The molecule has 0 radical (unpaired) electrons. The third kappa shape index (κ3) is 6.55. The number of anilines is 1. The zero-order valence-electron chi connectivity index (χ0n) is 17.7. The third-order valence-corrected chi connectivity index (χ3v) is 4.30. The van der Waals surface area contributed by atoms with E-state index in [1.54, 1.807) is 43.5 Å². The van der Waals surface area contributed by atoms with E-state index in [1.165, 1.54) is 12.1 Å². The molecule has 0 saturated carbocycles. The number of alkyl halides is 3. The van der Waals surface area contributed by atoms with Crippen molar-refractivity contribution >= 4 is 11.9 Å². The summed E-state index contributed by atoms with van der Waals surface area (Å²) in [5.41, 5.74) is 0.653. The number of nitrogens with zero attached hydrogens (tertiary/aromatic N) is 3. The fourth-order valence-electron chi connectivity index (χ4n) is 2.83. The highest BCUT2D eigenvalue weighted by Gasteiger charge is 2.28. The van der Waals surface area contributed by atoms with Crippen LogP contribution in [0, 0.1) is 0 Å². The number of ether oxygens (including phenoxy) is 5. The molecule has 0 saturated heterocycles. The molecule has 2 aromatic rings. The van der Waals surface area contributed by atoms with Crippen molar-refractivity contribution in [3.8, 4) is 11.6 Å². The molecule has 11 heteroatoms. The van der Waals surface area contributed by atoms with Gasteiger partial charge in [-0.05, 0) is 30.3 Å². The first-order valence-corrected chi connectivity index (χ1v) is 9.76. The Kier molecular flexibility index (Phi) is 8.26. The maximum absolute atomic E-state index is 12.4. The van der Waals surface area contributed by atoms with E-state index in [1.807, 2.05) is 6.20 Å². The first-order chi connectivity index (χ1) is 15.4. The average molecular weight is 455 g/mol. The van der Waals surface area contributed by atoms with Crippen molar-refractivity contribution < 1.29 is 36.9 Å². The predicted molar refractivity (Wildman–Crippen MR) is 109 cm³/mol. The monoisotopic (exact) mass is 455 g/mol. The van der Waals surface area contributed by atoms with Gasteiger partial charge in [0.1, 0.15) is 17.7 Å². The Morgan fingerprint density at radius 2 is 1.66 bits per heavy atom. The van der Waals surface area contributed by atoms with Crippen LogP contribution in [0.3, 0.4) is 0 Å². The number of aromatic nitrogens is 1. The molecule has 0 aliphatic carbocycles. The van der Waals surface area contributed by atoms with Crippen molar-refractivity contribution in [3.05, 3.63) is 47.1 Å². The van der Waals surface area contributed by atoms with Gasteiger partial charge < -0.3 is 28.6 Å². The van der Waals surface area contributed by atoms with E-state index in [-0.39, 0.29) is 12.4 Å². The van der Waals surface area contributed by atoms with Gasteiger partial charge in [-0.3, -0.25) is 0 Å². The van der Waals surface area contributed by atoms with E-state index in [2.05, 4.69) is 9.98 Å². The van der Waals surface area contributed by atoms with E-state index < -0.39 is 19.1 Å². The lowest BCUT2D eigenvalue weighted by atomic mass is 10.2. The second-order valence-corrected chi connectivity index (χ2v) is 6.65. The minimum Gasteiger partial charge on any atom is -0.484 e. The largest absolute Gasteiger partial charge is 0.484 e. The van der Waals surface area contributed by atoms with Gasteiger partial charge in [0.25, 0.3) is 0 Å². The topological polar surface area (TPSA) is 74.6 Å². The molecule has 174 valence electrons. The summed E-state index contributed by atoms with van der Waals surface area (Å²) in [6, 6.07) is 7.96. The number of rotatable bonds is 11. The van der Waals surface area contributed by atoms with Gasteiger partial charge in [-0.2, -0.15) is 13.2 Å². The first kappa shape index (κ1) is 23.8. The minimum absolute atomic E-state index is 0.107. The van der Waals surface area contributed by atoms with Crippen molar-refractivity contribution in [2.45, 2.75) is 12.5 Å². The number of methoxy groups -OCH3 is 2. The van der Waals surface area contributed by atoms with Crippen LogP contribution in [0.1, 0.15) is 0 Å². The van der Waals surface area contributed by atoms with Crippen molar-refractivity contribution in [1.82, 2.24) is 4.98 Å². The molecule has 32 heavy (non-hydrogen) atoms. The summed E-state index contributed by atoms with van der Waals surface area (Å²) in [6.07, 6.45) is -1.74. The molecule has 1 unspecified atom stereocenters. The highest BCUT2D eigenvalue weighted by Crippen LogP contribution is 2.25. The van der Waals surface area contributed by atoms with Gasteiger partial charge in [0.15, 0.2) is 6.61 Å². The van der Waals surface area contributed by atoms with Crippen molar-refractivity contribution in [2.24, 2.45) is 4.99 Å². The number of hydrogen-bond donors (Lipinski definition) is 0. The molecule has 0 fully saturated rings. The Bertz CT molecular complexity index is 986. The van der Waals surface area contributed by atoms with E-state index in [0.717, 1.165) is 5.22 Å². The Labute approximate surface area is 182 Å². The molecule has 8 nitrogen and oxygen atoms in total. The van der Waals surface area contributed by atoms with Crippen LogP contribution in [0.5, 0.6) is 11.6 Å². The van der Waals surface area contributed by atoms with Gasteiger partial charge in [0.05, 0.1) is 19.8 Å². The van der Waals surface area contributed by atoms with E-state index in [9.17, 15) is 13.2 Å². The second-order valence-electron chi connectivity index (χ2n) is 6.65. The smallest absolute Gasteiger partial charge is 0.422 e. The molecule has 1 aliphatic heterocycles. The molecule has 1 atom stereocenters. The molecule has 2 heterocycles. The molecule has 0 amide bonds. The summed E-state index contributed by atoms with van der Waals surface area (Å²) in [7, 11) is 3.14. The van der Waals surface area contributed by atoms with Gasteiger partial charge in [-0.25, -0.2) is 9.98 Å². The fourth-order valence-corrected chi connectivity index (χ4v) is 2.83. The Morgan fingerprint density at radius 1 is 0.938 bits per heavy atom. The maximum Gasteiger partial charge on any atom is 0.422 e. The van der Waals surface area contributed by atoms with E-state index in [4.69, 9.17) is 23.7 Å². The van der Waals surface area contributed by atoms with Crippen molar-refractivity contribution in [3.63, 3.8) is 0 Å². The van der Waals surface area contributed by atoms with Gasteiger partial charge in [-0.15, -0.1) is 0 Å². The molecular formula is C21H24F3N3O5. The van der Waals surface area contributed by atoms with E-state index >= 15 is 0 Å². The van der Waals surface area contributed by atoms with Crippen LogP contribution >= 0.6 is 0 Å². The second kappa shape index (κ2) is 11.1. The lowest BCUT2D eigenvalue weighted by Crippen LogP contribution is -2.44. The van der Waals surface area contributed by atoms with Gasteiger partial charge >= 0.3 is 6.18 Å². The predicted octanol–water partition coefficient (Wildman–Crippen LogP) is 1.87. The van der Waals surface area contributed by atoms with E-state index in [0.29, 0.717) is 36.7 Å². The zero-order valence-corrected chi connectivity index (χ0v) is 17.7. The van der Waals surface area contributed by atoms with Crippen LogP contribution in [0.25, 0.3) is 6.20 Å². The molecule has 1 aliphatic rings. The van der Waals surface area contributed by atoms with Crippen molar-refractivity contribution in [1.29, 1.82) is 0 Å². The van der Waals surface area contributed by atoms with Crippen LogP contribution in [0.15, 0.2) is 41.5 Å². The summed E-state index contributed by atoms with van der Waals surface area (Å²) >= 11 is 0. The highest BCUT2D eigenvalue weighted by atomic mass is 19.4. The van der Waals surface area contributed by atoms with Crippen LogP contribution in [0.4, 0.5) is 18.9 Å². The van der Waals surface area contributed by atoms with Crippen LogP contribution in [0.2, 0.25) is 0 Å². The minimum atomic E-state index is -4.40. The number of pyridine rings is 1. The summed E-state index contributed by atoms with van der Waals surface area (Å²) in [6.45, 7) is -0.00357. The highest BCUT2D eigenvalue weighted by molar-refractivity contribution is 5.61. The third-order valence-electron chi connectivity index (χ3n) is 4.30. The molecule has 0 bridgehead atoms. The Morgan fingerprint density at radius 3 is 2.34 bits per heavy atom. The van der Waals surface area contributed by atoms with Gasteiger partial charge in [0.2, 0.25) is 12.2 Å². The summed E-state index contributed by atoms with van der Waals surface area (Å²) < 4.78 is 63.5. The normalized spacial score (nSPS) is 15.5. The molecule has 1 aromatic carbocycles.